The van der Waals surface area contributed by atoms with Gasteiger partial charge in [-0.1, -0.05) is 0 Å². The number of likely N-dealkylation sites (tertiary alicyclic amines) is 1. The molecule has 1 saturated heterocycles. The molecule has 0 saturated carbocycles. The van der Waals surface area contributed by atoms with Crippen LogP contribution in [0.1, 0.15) is 39.6 Å². The molecule has 2 aromatic rings. The zero-order chi connectivity index (χ0) is 25.1. The van der Waals surface area contributed by atoms with Crippen molar-refractivity contribution in [3.63, 3.8) is 0 Å². The number of halogens is 1. The Balaban J connectivity index is 0.000000186. The molecule has 0 spiro atoms. The molecule has 184 valence electrons. The van der Waals surface area contributed by atoms with Crippen LogP contribution in [-0.4, -0.2) is 65.6 Å². The molecule has 0 atom stereocenters. The fraction of sp³-hybridized carbons (Fsp3) is 0.409. The van der Waals surface area contributed by atoms with Crippen LogP contribution in [0.4, 0.5) is 10.1 Å². The maximum absolute atomic E-state index is 12.4. The standard InChI is InChI=1S/C8H7FN2O2.C8H11N3OS.C6H11NO/c9-5-1-3-6(4-2-5)11-8(13)7(10)12;1-11-3-2-5-6(4-11)13-8(10-5)7(9)12;8-6-7-4-2-1-3-5-7/h1-4H,(H2,10,12)(H,11,13);2-4H2,1H3,(H2,9,12);6H,1-5H2. The highest BCUT2D eigenvalue weighted by molar-refractivity contribution is 7.13. The number of amides is 4. The molecule has 2 aliphatic heterocycles. The van der Waals surface area contributed by atoms with Crippen LogP contribution >= 0.6 is 11.3 Å². The van der Waals surface area contributed by atoms with E-state index in [0.29, 0.717) is 10.7 Å². The quantitative estimate of drug-likeness (QED) is 0.431. The van der Waals surface area contributed by atoms with Gasteiger partial charge in [-0.05, 0) is 50.6 Å². The number of likely N-dealkylation sites (N-methyl/N-ethyl adjacent to an activating group) is 1. The molecule has 34 heavy (non-hydrogen) atoms. The molecule has 4 rings (SSSR count). The third-order valence-corrected chi connectivity index (χ3v) is 6.10. The molecule has 1 fully saturated rings. The van der Waals surface area contributed by atoms with Gasteiger partial charge in [-0.25, -0.2) is 9.37 Å². The molecule has 4 amide bonds. The van der Waals surface area contributed by atoms with E-state index < -0.39 is 23.5 Å². The molecular weight excluding hydrogens is 463 g/mol. The minimum Gasteiger partial charge on any atom is -0.364 e. The van der Waals surface area contributed by atoms with Gasteiger partial charge in [-0.15, -0.1) is 11.3 Å². The lowest BCUT2D eigenvalue weighted by Gasteiger charge is -2.21. The monoisotopic (exact) mass is 492 g/mol. The van der Waals surface area contributed by atoms with Gasteiger partial charge in [0, 0.05) is 43.2 Å². The summed E-state index contributed by atoms with van der Waals surface area (Å²) in [6, 6.07) is 4.99. The second-order valence-electron chi connectivity index (χ2n) is 7.77. The molecule has 0 unspecified atom stereocenters. The molecule has 0 bridgehead atoms. The number of thiazole rings is 1. The third-order valence-electron chi connectivity index (χ3n) is 5.00. The third kappa shape index (κ3) is 8.87. The van der Waals surface area contributed by atoms with E-state index in [9.17, 15) is 23.6 Å². The van der Waals surface area contributed by atoms with E-state index in [0.717, 1.165) is 56.8 Å². The van der Waals surface area contributed by atoms with Gasteiger partial charge in [0.1, 0.15) is 5.82 Å². The molecule has 0 radical (unpaired) electrons. The number of primary amides is 2. The van der Waals surface area contributed by atoms with Crippen LogP contribution in [0, 0.1) is 5.82 Å². The van der Waals surface area contributed by atoms with Gasteiger partial charge in [0.15, 0.2) is 5.01 Å². The van der Waals surface area contributed by atoms with Crippen molar-refractivity contribution in [1.82, 2.24) is 14.8 Å². The Hall–Kier alpha value is -3.38. The summed E-state index contributed by atoms with van der Waals surface area (Å²) in [7, 11) is 2.06. The lowest BCUT2D eigenvalue weighted by molar-refractivity contribution is -0.134. The van der Waals surface area contributed by atoms with Crippen molar-refractivity contribution >= 4 is 41.2 Å². The summed E-state index contributed by atoms with van der Waals surface area (Å²) in [5, 5.41) is 2.63. The summed E-state index contributed by atoms with van der Waals surface area (Å²) >= 11 is 1.42. The first-order valence-electron chi connectivity index (χ1n) is 10.7. The molecule has 3 heterocycles. The molecule has 1 aromatic carbocycles. The number of fused-ring (bicyclic) bond motifs is 1. The van der Waals surface area contributed by atoms with Gasteiger partial charge in [0.25, 0.3) is 5.91 Å². The van der Waals surface area contributed by atoms with Gasteiger partial charge < -0.3 is 26.6 Å². The van der Waals surface area contributed by atoms with E-state index in [1.807, 2.05) is 4.90 Å². The Morgan fingerprint density at radius 2 is 1.74 bits per heavy atom. The predicted octanol–water partition coefficient (Wildman–Crippen LogP) is 1.11. The van der Waals surface area contributed by atoms with E-state index in [4.69, 9.17) is 5.73 Å². The number of aromatic nitrogens is 1. The minimum atomic E-state index is -1.08. The van der Waals surface area contributed by atoms with E-state index >= 15 is 0 Å². The summed E-state index contributed by atoms with van der Waals surface area (Å²) in [6.07, 6.45) is 5.55. The van der Waals surface area contributed by atoms with Gasteiger partial charge in [0.2, 0.25) is 6.41 Å². The highest BCUT2D eigenvalue weighted by atomic mass is 32.1. The summed E-state index contributed by atoms with van der Waals surface area (Å²) in [5.74, 6) is -2.84. The number of hydrogen-bond acceptors (Lipinski definition) is 7. The van der Waals surface area contributed by atoms with Crippen molar-refractivity contribution < 1.29 is 23.6 Å². The first kappa shape index (κ1) is 26.9. The number of carbonyl (C=O) groups excluding carboxylic acids is 4. The van der Waals surface area contributed by atoms with Crippen molar-refractivity contribution in [3.8, 4) is 0 Å². The lowest BCUT2D eigenvalue weighted by atomic mass is 10.1. The second kappa shape index (κ2) is 13.4. The highest BCUT2D eigenvalue weighted by Crippen LogP contribution is 2.23. The second-order valence-corrected chi connectivity index (χ2v) is 8.85. The Bertz CT molecular complexity index is 992. The number of carbonyl (C=O) groups is 4. The van der Waals surface area contributed by atoms with Crippen LogP contribution in [0.2, 0.25) is 0 Å². The molecule has 0 aliphatic carbocycles. The highest BCUT2D eigenvalue weighted by Gasteiger charge is 2.19. The van der Waals surface area contributed by atoms with Gasteiger partial charge in [0.05, 0.1) is 5.69 Å². The topological polar surface area (TPSA) is 152 Å². The number of rotatable bonds is 3. The van der Waals surface area contributed by atoms with Crippen molar-refractivity contribution in [2.75, 3.05) is 32.0 Å². The maximum Gasteiger partial charge on any atom is 0.313 e. The van der Waals surface area contributed by atoms with E-state index in [1.54, 1.807) is 0 Å². The van der Waals surface area contributed by atoms with Gasteiger partial charge in [-0.3, -0.25) is 19.2 Å². The van der Waals surface area contributed by atoms with Gasteiger partial charge in [-0.2, -0.15) is 0 Å². The fourth-order valence-electron chi connectivity index (χ4n) is 3.18. The average Bonchev–Trinajstić information content (AvgIpc) is 3.25. The number of nitrogens with one attached hydrogen (secondary N) is 1. The molecular formula is C22H29FN6O4S. The number of anilines is 1. The number of benzene rings is 1. The molecule has 5 N–H and O–H groups in total. The summed E-state index contributed by atoms with van der Waals surface area (Å²) in [6.45, 7) is 3.85. The van der Waals surface area contributed by atoms with Gasteiger partial charge >= 0.3 is 11.8 Å². The normalized spacial score (nSPS) is 14.9. The van der Waals surface area contributed by atoms with Crippen molar-refractivity contribution in [2.24, 2.45) is 11.5 Å². The Morgan fingerprint density at radius 1 is 1.09 bits per heavy atom. The van der Waals surface area contributed by atoms with Crippen molar-refractivity contribution in [3.05, 3.63) is 45.7 Å². The summed E-state index contributed by atoms with van der Waals surface area (Å²) < 4.78 is 12.4. The van der Waals surface area contributed by atoms with Crippen LogP contribution in [0.15, 0.2) is 24.3 Å². The van der Waals surface area contributed by atoms with E-state index in [1.165, 1.54) is 47.6 Å². The Morgan fingerprint density at radius 3 is 2.26 bits per heavy atom. The fourth-order valence-corrected chi connectivity index (χ4v) is 4.22. The number of hydrogen-bond donors (Lipinski definition) is 3. The molecule has 12 heteroatoms. The lowest BCUT2D eigenvalue weighted by Crippen LogP contribution is -2.29. The Kier molecular flexibility index (Phi) is 10.6. The summed E-state index contributed by atoms with van der Waals surface area (Å²) in [5.41, 5.74) is 11.2. The number of nitrogens with two attached hydrogens (primary N) is 2. The van der Waals surface area contributed by atoms with Crippen LogP contribution in [0.5, 0.6) is 0 Å². The molecule has 2 aliphatic rings. The number of piperidine rings is 1. The van der Waals surface area contributed by atoms with Crippen LogP contribution < -0.4 is 16.8 Å². The molecule has 1 aromatic heterocycles. The first-order chi connectivity index (χ1) is 16.2. The molecule has 10 nitrogen and oxygen atoms in total. The van der Waals surface area contributed by atoms with Crippen LogP contribution in [0.25, 0.3) is 0 Å². The smallest absolute Gasteiger partial charge is 0.313 e. The van der Waals surface area contributed by atoms with Crippen LogP contribution in [-0.2, 0) is 27.3 Å². The largest absolute Gasteiger partial charge is 0.364 e. The van der Waals surface area contributed by atoms with E-state index in [-0.39, 0.29) is 0 Å². The Labute approximate surface area is 201 Å². The minimum absolute atomic E-state index is 0.324. The average molecular weight is 493 g/mol. The summed E-state index contributed by atoms with van der Waals surface area (Å²) in [4.78, 5) is 51.4. The van der Waals surface area contributed by atoms with Crippen molar-refractivity contribution in [1.29, 1.82) is 0 Å². The number of nitrogens with zero attached hydrogens (tertiary/aromatic N) is 3. The zero-order valence-corrected chi connectivity index (χ0v) is 19.8. The first-order valence-corrected chi connectivity index (χ1v) is 11.5. The van der Waals surface area contributed by atoms with E-state index in [2.05, 4.69) is 28.0 Å². The predicted molar refractivity (Wildman–Crippen MR) is 126 cm³/mol. The zero-order valence-electron chi connectivity index (χ0n) is 19.0. The van der Waals surface area contributed by atoms with Crippen LogP contribution in [0.3, 0.4) is 0 Å². The maximum atomic E-state index is 12.4. The SMILES string of the molecule is CN1CCc2nc(C(N)=O)sc2C1.NC(=O)C(=O)Nc1ccc(F)cc1.O=CN1CCCCC1. The van der Waals surface area contributed by atoms with Crippen molar-refractivity contribution in [2.45, 2.75) is 32.2 Å².